The molecule has 5 N–H and O–H groups in total. The van der Waals surface area contributed by atoms with E-state index < -0.39 is 20.0 Å². The minimum absolute atomic E-state index is 0.0924. The predicted octanol–water partition coefficient (Wildman–Crippen LogP) is 12.2. The molecule has 0 aromatic heterocycles. The molecule has 3 atom stereocenters. The van der Waals surface area contributed by atoms with E-state index in [-0.39, 0.29) is 25.7 Å². The normalized spacial score (nSPS) is 14.1. The number of carbonyl (C=O) groups excluding carboxylic acids is 1. The molecule has 9 heteroatoms. The highest BCUT2D eigenvalue weighted by Crippen LogP contribution is 2.43. The molecule has 0 spiro atoms. The lowest BCUT2D eigenvalue weighted by Gasteiger charge is -2.25. The summed E-state index contributed by atoms with van der Waals surface area (Å²) in [5.41, 5.74) is 5.38. The van der Waals surface area contributed by atoms with E-state index in [1.807, 2.05) is 0 Å². The number of rotatable bonds is 42. The highest BCUT2D eigenvalue weighted by Gasteiger charge is 2.27. The van der Waals surface area contributed by atoms with Gasteiger partial charge in [0.2, 0.25) is 5.91 Å². The lowest BCUT2D eigenvalue weighted by atomic mass is 10.0. The second kappa shape index (κ2) is 39.2. The maximum atomic E-state index is 12.8. The molecule has 306 valence electrons. The second-order valence-electron chi connectivity index (χ2n) is 15.3. The van der Waals surface area contributed by atoms with Gasteiger partial charge >= 0.3 is 7.82 Å². The number of aliphatic hydroxyl groups excluding tert-OH is 1. The van der Waals surface area contributed by atoms with Crippen molar-refractivity contribution in [3.63, 3.8) is 0 Å². The average Bonchev–Trinajstić information content (AvgIpc) is 3.12. The third-order valence-corrected chi connectivity index (χ3v) is 11.2. The van der Waals surface area contributed by atoms with Crippen LogP contribution in [-0.4, -0.2) is 47.8 Å². The molecule has 0 saturated heterocycles. The van der Waals surface area contributed by atoms with Gasteiger partial charge in [-0.2, -0.15) is 0 Å². The molecule has 0 fully saturated rings. The minimum atomic E-state index is -4.31. The van der Waals surface area contributed by atoms with Crippen molar-refractivity contribution in [2.75, 3.05) is 19.8 Å². The summed E-state index contributed by atoms with van der Waals surface area (Å²) in [4.78, 5) is 22.7. The monoisotopic (exact) mass is 747 g/mol. The molecule has 0 saturated carbocycles. The van der Waals surface area contributed by atoms with Crippen molar-refractivity contribution >= 4 is 13.7 Å². The van der Waals surface area contributed by atoms with Crippen molar-refractivity contribution in [2.45, 2.75) is 244 Å². The summed E-state index contributed by atoms with van der Waals surface area (Å²) >= 11 is 0. The summed E-state index contributed by atoms with van der Waals surface area (Å²) < 4.78 is 22.2. The van der Waals surface area contributed by atoms with Gasteiger partial charge in [0.25, 0.3) is 0 Å². The molecule has 1 unspecified atom stereocenters. The number of phosphoric ester groups is 1. The van der Waals surface area contributed by atoms with Gasteiger partial charge in [-0.3, -0.25) is 13.8 Å². The van der Waals surface area contributed by atoms with Gasteiger partial charge in [-0.15, -0.1) is 0 Å². The van der Waals surface area contributed by atoms with Gasteiger partial charge in [-0.25, -0.2) is 4.57 Å². The number of aliphatic hydroxyl groups is 1. The Balaban J connectivity index is 4.05. The average molecular weight is 747 g/mol. The van der Waals surface area contributed by atoms with Crippen molar-refractivity contribution in [2.24, 2.45) is 5.73 Å². The van der Waals surface area contributed by atoms with E-state index in [9.17, 15) is 19.4 Å². The Labute approximate surface area is 316 Å². The van der Waals surface area contributed by atoms with Crippen molar-refractivity contribution in [1.82, 2.24) is 5.32 Å². The Bertz CT molecular complexity index is 774. The highest BCUT2D eigenvalue weighted by molar-refractivity contribution is 7.47. The number of hydrogen-bond acceptors (Lipinski definition) is 6. The van der Waals surface area contributed by atoms with Crippen LogP contribution in [0.15, 0.2) is 0 Å². The molecule has 8 nitrogen and oxygen atoms in total. The van der Waals surface area contributed by atoms with Crippen LogP contribution in [0, 0.1) is 0 Å². The molecular formula is C42H87N2O6P. The predicted molar refractivity (Wildman–Crippen MR) is 217 cm³/mol. The molecule has 0 radical (unpaired) electrons. The second-order valence-corrected chi connectivity index (χ2v) is 16.7. The fraction of sp³-hybridized carbons (Fsp3) is 0.976. The van der Waals surface area contributed by atoms with Gasteiger partial charge in [-0.1, -0.05) is 213 Å². The van der Waals surface area contributed by atoms with Crippen LogP contribution in [0.5, 0.6) is 0 Å². The molecule has 0 aromatic rings. The van der Waals surface area contributed by atoms with Gasteiger partial charge in [0, 0.05) is 13.0 Å². The third kappa shape index (κ3) is 37.6. The number of amides is 1. The first-order chi connectivity index (χ1) is 24.9. The number of carbonyl (C=O) groups is 1. The van der Waals surface area contributed by atoms with Crippen LogP contribution in [0.2, 0.25) is 0 Å². The Morgan fingerprint density at radius 1 is 0.569 bits per heavy atom. The van der Waals surface area contributed by atoms with Gasteiger partial charge in [-0.05, 0) is 12.8 Å². The topological polar surface area (TPSA) is 131 Å². The first-order valence-corrected chi connectivity index (χ1v) is 23.6. The molecule has 0 aliphatic carbocycles. The summed E-state index contributed by atoms with van der Waals surface area (Å²) in [6.07, 6.45) is 41.1. The number of nitrogens with two attached hydrogens (primary N) is 1. The molecule has 1 amide bonds. The molecule has 0 rings (SSSR count). The van der Waals surface area contributed by atoms with Crippen LogP contribution in [0.1, 0.15) is 232 Å². The highest BCUT2D eigenvalue weighted by atomic mass is 31.2. The zero-order valence-corrected chi connectivity index (χ0v) is 34.8. The Hall–Kier alpha value is -0.500. The zero-order chi connectivity index (χ0) is 37.5. The first-order valence-electron chi connectivity index (χ1n) is 22.2. The van der Waals surface area contributed by atoms with E-state index in [2.05, 4.69) is 19.2 Å². The third-order valence-electron chi connectivity index (χ3n) is 10.2. The smallest absolute Gasteiger partial charge is 0.391 e. The van der Waals surface area contributed by atoms with E-state index in [1.165, 1.54) is 167 Å². The SMILES string of the molecule is CCCCCCCCCCCCCCCCCCCCCCC(=O)N[C@@H](COP(=O)(O)OCCN)[C@H](O)CCCCCCCCCCCCCC. The molecule has 0 aromatic carbocycles. The number of unbranched alkanes of at least 4 members (excludes halogenated alkanes) is 30. The maximum Gasteiger partial charge on any atom is 0.472 e. The quantitative estimate of drug-likeness (QED) is 0.0361. The van der Waals surface area contributed by atoms with E-state index in [1.54, 1.807) is 0 Å². The molecule has 0 heterocycles. The van der Waals surface area contributed by atoms with Crippen molar-refractivity contribution in [3.8, 4) is 0 Å². The fourth-order valence-corrected chi connectivity index (χ4v) is 7.60. The molecule has 0 bridgehead atoms. The van der Waals surface area contributed by atoms with Crippen LogP contribution < -0.4 is 11.1 Å². The van der Waals surface area contributed by atoms with Gasteiger partial charge < -0.3 is 21.1 Å². The van der Waals surface area contributed by atoms with E-state index >= 15 is 0 Å². The lowest BCUT2D eigenvalue weighted by molar-refractivity contribution is -0.123. The summed E-state index contributed by atoms with van der Waals surface area (Å²) in [5.74, 6) is -0.157. The number of nitrogens with one attached hydrogen (secondary N) is 1. The van der Waals surface area contributed by atoms with Gasteiger partial charge in [0.1, 0.15) is 0 Å². The van der Waals surface area contributed by atoms with Crippen molar-refractivity contribution in [3.05, 3.63) is 0 Å². The molecule has 0 aliphatic rings. The standard InChI is InChI=1S/C42H87N2O6P/c1-3-5-7-9-11-13-15-17-18-19-20-21-22-23-24-26-28-30-32-34-36-42(46)44-40(39-50-51(47,48)49-38-37-43)41(45)35-33-31-29-27-25-16-14-12-10-8-6-4-2/h40-41,45H,3-39,43H2,1-2H3,(H,44,46)(H,47,48)/t40-,41+/m0/s1. The summed E-state index contributed by atoms with van der Waals surface area (Å²) in [7, 11) is -4.31. The van der Waals surface area contributed by atoms with E-state index in [0.29, 0.717) is 12.8 Å². The first kappa shape index (κ1) is 50.5. The van der Waals surface area contributed by atoms with Crippen LogP contribution >= 0.6 is 7.82 Å². The Kier molecular flexibility index (Phi) is 38.8. The van der Waals surface area contributed by atoms with Crippen molar-refractivity contribution < 1.29 is 28.4 Å². The number of hydrogen-bond donors (Lipinski definition) is 4. The van der Waals surface area contributed by atoms with Crippen LogP contribution in [0.25, 0.3) is 0 Å². The minimum Gasteiger partial charge on any atom is -0.391 e. The van der Waals surface area contributed by atoms with E-state index in [4.69, 9.17) is 14.8 Å². The van der Waals surface area contributed by atoms with Crippen LogP contribution in [0.3, 0.4) is 0 Å². The number of phosphoric acid groups is 1. The largest absolute Gasteiger partial charge is 0.472 e. The summed E-state index contributed by atoms with van der Waals surface area (Å²) in [6, 6.07) is -0.766. The zero-order valence-electron chi connectivity index (χ0n) is 33.9. The summed E-state index contributed by atoms with van der Waals surface area (Å²) in [5, 5.41) is 13.8. The Morgan fingerprint density at radius 2 is 0.902 bits per heavy atom. The molecule has 51 heavy (non-hydrogen) atoms. The van der Waals surface area contributed by atoms with Crippen LogP contribution in [-0.2, 0) is 18.4 Å². The van der Waals surface area contributed by atoms with Gasteiger partial charge in [0.15, 0.2) is 0 Å². The molecule has 0 aliphatic heterocycles. The van der Waals surface area contributed by atoms with Crippen LogP contribution in [0.4, 0.5) is 0 Å². The van der Waals surface area contributed by atoms with Gasteiger partial charge in [0.05, 0.1) is 25.4 Å². The lowest BCUT2D eigenvalue weighted by Crippen LogP contribution is -2.46. The fourth-order valence-electron chi connectivity index (χ4n) is 6.84. The van der Waals surface area contributed by atoms with E-state index in [0.717, 1.165) is 38.5 Å². The van der Waals surface area contributed by atoms with Crippen molar-refractivity contribution in [1.29, 1.82) is 0 Å². The summed E-state index contributed by atoms with van der Waals surface area (Å²) in [6.45, 7) is 4.23. The maximum absolute atomic E-state index is 12.8. The molecular weight excluding hydrogens is 659 g/mol. The Morgan fingerprint density at radius 3 is 1.25 bits per heavy atom.